The largest absolute Gasteiger partial charge is 0.332 e. The molecule has 0 amide bonds. The topological polar surface area (TPSA) is 87.8 Å². The molecule has 144 valence electrons. The van der Waals surface area contributed by atoms with Crippen molar-refractivity contribution >= 4 is 23.6 Å². The van der Waals surface area contributed by atoms with Crippen LogP contribution in [0, 0.1) is 0 Å². The van der Waals surface area contributed by atoms with Crippen LogP contribution >= 0.6 is 12.4 Å². The van der Waals surface area contributed by atoms with Crippen molar-refractivity contribution in [2.24, 2.45) is 19.8 Å². The second kappa shape index (κ2) is 7.80. The third-order valence-corrected chi connectivity index (χ3v) is 5.14. The smallest absolute Gasteiger partial charge is 0.328 e. The average Bonchev–Trinajstić information content (AvgIpc) is 2.96. The Morgan fingerprint density at radius 3 is 2.54 bits per heavy atom. The Kier molecular flexibility index (Phi) is 6.13. The van der Waals surface area contributed by atoms with Gasteiger partial charge in [-0.25, -0.2) is 9.78 Å². The molecule has 0 aromatic carbocycles. The van der Waals surface area contributed by atoms with E-state index in [-0.39, 0.29) is 35.6 Å². The molecule has 0 bridgehead atoms. The highest BCUT2D eigenvalue weighted by Crippen LogP contribution is 2.32. The van der Waals surface area contributed by atoms with Gasteiger partial charge in [0, 0.05) is 32.6 Å². The molecule has 8 heteroatoms. The Balaban J connectivity index is 0.00000243. The number of hydrogen-bond donors (Lipinski definition) is 1. The Bertz CT molecular complexity index is 949. The van der Waals surface area contributed by atoms with E-state index in [2.05, 4.69) is 6.08 Å². The lowest BCUT2D eigenvalue weighted by Gasteiger charge is -2.26. The summed E-state index contributed by atoms with van der Waals surface area (Å²) in [5, 5.41) is 0. The second-order valence-corrected chi connectivity index (χ2v) is 7.36. The van der Waals surface area contributed by atoms with Gasteiger partial charge in [0.15, 0.2) is 11.2 Å². The van der Waals surface area contributed by atoms with Crippen molar-refractivity contribution in [1.82, 2.24) is 18.7 Å². The number of allylic oxidation sites excluding steroid dienone is 2. The highest BCUT2D eigenvalue weighted by atomic mass is 35.5. The van der Waals surface area contributed by atoms with Crippen LogP contribution in [0.3, 0.4) is 0 Å². The monoisotopic (exact) mass is 381 g/mol. The van der Waals surface area contributed by atoms with E-state index in [1.54, 1.807) is 7.05 Å². The van der Waals surface area contributed by atoms with Crippen LogP contribution in [0.1, 0.15) is 51.3 Å². The van der Waals surface area contributed by atoms with Crippen LogP contribution in [0.2, 0.25) is 0 Å². The highest BCUT2D eigenvalue weighted by molar-refractivity contribution is 5.85. The molecule has 3 rings (SSSR count). The zero-order valence-electron chi connectivity index (χ0n) is 15.9. The number of nitrogens with two attached hydrogens (primary N) is 1. The number of aromatic nitrogens is 4. The number of halogens is 1. The summed E-state index contributed by atoms with van der Waals surface area (Å²) in [6.45, 7) is 4.64. The molecule has 2 aromatic heterocycles. The van der Waals surface area contributed by atoms with E-state index in [1.807, 2.05) is 18.4 Å². The number of aryl methyl sites for hydroxylation is 1. The fourth-order valence-electron chi connectivity index (χ4n) is 3.70. The van der Waals surface area contributed by atoms with Crippen LogP contribution in [-0.4, -0.2) is 24.7 Å². The molecule has 7 nitrogen and oxygen atoms in total. The summed E-state index contributed by atoms with van der Waals surface area (Å²) < 4.78 is 4.59. The molecule has 0 radical (unpaired) electrons. The molecule has 2 heterocycles. The summed E-state index contributed by atoms with van der Waals surface area (Å²) in [6.07, 6.45) is 6.06. The minimum Gasteiger partial charge on any atom is -0.328 e. The van der Waals surface area contributed by atoms with Crippen molar-refractivity contribution in [3.63, 3.8) is 0 Å². The number of fused-ring (bicyclic) bond motifs is 1. The van der Waals surface area contributed by atoms with E-state index in [4.69, 9.17) is 10.7 Å². The van der Waals surface area contributed by atoms with Gasteiger partial charge in [-0.15, -0.1) is 12.4 Å². The molecule has 26 heavy (non-hydrogen) atoms. The predicted molar refractivity (Wildman–Crippen MR) is 106 cm³/mol. The third-order valence-electron chi connectivity index (χ3n) is 5.14. The van der Waals surface area contributed by atoms with Crippen LogP contribution < -0.4 is 17.0 Å². The molecule has 1 aliphatic carbocycles. The lowest BCUT2D eigenvalue weighted by atomic mass is 9.85. The molecule has 2 atom stereocenters. The normalized spacial score (nSPS) is 20.0. The fourth-order valence-corrected chi connectivity index (χ4v) is 3.70. The lowest BCUT2D eigenvalue weighted by Crippen LogP contribution is -2.37. The Labute approximate surface area is 158 Å². The first-order chi connectivity index (χ1) is 11.8. The first kappa shape index (κ1) is 20.5. The maximum atomic E-state index is 12.8. The summed E-state index contributed by atoms with van der Waals surface area (Å²) in [6, 6.07) is 0.169. The van der Waals surface area contributed by atoms with E-state index in [9.17, 15) is 9.59 Å². The quantitative estimate of drug-likeness (QED) is 0.821. The Morgan fingerprint density at radius 1 is 1.23 bits per heavy atom. The van der Waals surface area contributed by atoms with Gasteiger partial charge >= 0.3 is 5.69 Å². The minimum atomic E-state index is -0.351. The number of imidazole rings is 1. The van der Waals surface area contributed by atoms with Gasteiger partial charge in [0.25, 0.3) is 5.56 Å². The van der Waals surface area contributed by atoms with Crippen LogP contribution in [0.4, 0.5) is 0 Å². The van der Waals surface area contributed by atoms with Gasteiger partial charge in [0.2, 0.25) is 0 Å². The molecular weight excluding hydrogens is 354 g/mol. The van der Waals surface area contributed by atoms with Gasteiger partial charge in [-0.2, -0.15) is 0 Å². The van der Waals surface area contributed by atoms with E-state index in [0.29, 0.717) is 17.7 Å². The van der Waals surface area contributed by atoms with Gasteiger partial charge in [-0.05, 0) is 33.1 Å². The van der Waals surface area contributed by atoms with Crippen molar-refractivity contribution in [3.8, 4) is 0 Å². The van der Waals surface area contributed by atoms with Crippen LogP contribution in [0.15, 0.2) is 21.2 Å². The first-order valence-electron chi connectivity index (χ1n) is 8.86. The SMILES string of the molecule is CC(C)=CCn1c([C@H]2CCC[C@@H](N)C2)nc2c1c(=O)n(C)c(=O)n2C.Cl. The van der Waals surface area contributed by atoms with Crippen molar-refractivity contribution in [1.29, 1.82) is 0 Å². The standard InChI is InChI=1S/C18H27N5O2.ClH/c1-11(2)8-9-23-14-16(21(3)18(25)22(4)17(14)24)20-15(23)12-6-5-7-13(19)10-12;/h8,12-13H,5-7,9-10,19H2,1-4H3;1H/t12-,13+;/m0./s1. The summed E-state index contributed by atoms with van der Waals surface area (Å²) in [4.78, 5) is 29.8. The van der Waals surface area contributed by atoms with Crippen molar-refractivity contribution < 1.29 is 0 Å². The summed E-state index contributed by atoms with van der Waals surface area (Å²) in [5.74, 6) is 1.10. The minimum absolute atomic E-state index is 0. The van der Waals surface area contributed by atoms with Gasteiger partial charge in [0.1, 0.15) is 5.82 Å². The van der Waals surface area contributed by atoms with E-state index >= 15 is 0 Å². The van der Waals surface area contributed by atoms with Gasteiger partial charge in [-0.3, -0.25) is 13.9 Å². The van der Waals surface area contributed by atoms with Gasteiger partial charge < -0.3 is 10.3 Å². The van der Waals surface area contributed by atoms with E-state index < -0.39 is 0 Å². The summed E-state index contributed by atoms with van der Waals surface area (Å²) in [7, 11) is 3.18. The Hall–Kier alpha value is -1.86. The molecule has 0 spiro atoms. The van der Waals surface area contributed by atoms with E-state index in [1.165, 1.54) is 17.2 Å². The van der Waals surface area contributed by atoms with Crippen LogP contribution in [0.25, 0.3) is 11.2 Å². The third kappa shape index (κ3) is 3.50. The van der Waals surface area contributed by atoms with Crippen LogP contribution in [-0.2, 0) is 20.6 Å². The zero-order chi connectivity index (χ0) is 18.3. The zero-order valence-corrected chi connectivity index (χ0v) is 16.7. The molecule has 2 aromatic rings. The first-order valence-corrected chi connectivity index (χ1v) is 8.86. The molecule has 2 N–H and O–H groups in total. The highest BCUT2D eigenvalue weighted by Gasteiger charge is 2.27. The fraction of sp³-hybridized carbons (Fsp3) is 0.611. The van der Waals surface area contributed by atoms with Gasteiger partial charge in [0.05, 0.1) is 0 Å². The summed E-state index contributed by atoms with van der Waals surface area (Å²) >= 11 is 0. The summed E-state index contributed by atoms with van der Waals surface area (Å²) in [5.41, 5.74) is 7.66. The maximum absolute atomic E-state index is 12.8. The maximum Gasteiger partial charge on any atom is 0.332 e. The van der Waals surface area contributed by atoms with Crippen molar-refractivity contribution in [3.05, 3.63) is 38.3 Å². The van der Waals surface area contributed by atoms with Crippen molar-refractivity contribution in [2.45, 2.75) is 58.0 Å². The molecule has 1 saturated carbocycles. The second-order valence-electron chi connectivity index (χ2n) is 7.36. The van der Waals surface area contributed by atoms with Gasteiger partial charge in [-0.1, -0.05) is 18.1 Å². The predicted octanol–water partition coefficient (Wildman–Crippen LogP) is 1.81. The van der Waals surface area contributed by atoms with Crippen LogP contribution in [0.5, 0.6) is 0 Å². The average molecular weight is 382 g/mol. The molecule has 0 saturated heterocycles. The number of nitrogens with zero attached hydrogens (tertiary/aromatic N) is 4. The van der Waals surface area contributed by atoms with E-state index in [0.717, 1.165) is 36.1 Å². The molecule has 1 fully saturated rings. The van der Waals surface area contributed by atoms with Crippen molar-refractivity contribution in [2.75, 3.05) is 0 Å². The number of rotatable bonds is 3. The molecule has 0 aliphatic heterocycles. The lowest BCUT2D eigenvalue weighted by molar-refractivity contribution is 0.376. The molecule has 1 aliphatic rings. The molecular formula is C18H28ClN5O2. The molecule has 0 unspecified atom stereocenters. The Morgan fingerprint density at radius 2 is 1.92 bits per heavy atom. The number of hydrogen-bond acceptors (Lipinski definition) is 4.